The molecule has 3 nitrogen and oxygen atoms in total. The maximum absolute atomic E-state index is 5.55. The van der Waals surface area contributed by atoms with Gasteiger partial charge in [0.25, 0.3) is 0 Å². The van der Waals surface area contributed by atoms with Crippen LogP contribution in [0.5, 0.6) is 0 Å². The lowest BCUT2D eigenvalue weighted by Crippen LogP contribution is -2.32. The maximum Gasteiger partial charge on any atom is 0.0579 e. The summed E-state index contributed by atoms with van der Waals surface area (Å²) in [5.74, 6) is 0.549. The Labute approximate surface area is 97.2 Å². The normalized spacial score (nSPS) is 23.0. The monoisotopic (exact) mass is 220 g/mol. The van der Waals surface area contributed by atoms with E-state index >= 15 is 0 Å². The van der Waals surface area contributed by atoms with Crippen molar-refractivity contribution in [1.82, 2.24) is 10.3 Å². The fourth-order valence-corrected chi connectivity index (χ4v) is 2.38. The zero-order valence-electron chi connectivity index (χ0n) is 10.1. The van der Waals surface area contributed by atoms with Crippen LogP contribution < -0.4 is 5.32 Å². The van der Waals surface area contributed by atoms with Crippen molar-refractivity contribution in [2.24, 2.45) is 5.92 Å². The lowest BCUT2D eigenvalue weighted by molar-refractivity contribution is 0.0395. The molecule has 16 heavy (non-hydrogen) atoms. The Kier molecular flexibility index (Phi) is 3.91. The van der Waals surface area contributed by atoms with Crippen LogP contribution in [0.25, 0.3) is 0 Å². The fraction of sp³-hybridized carbons (Fsp3) is 0.615. The van der Waals surface area contributed by atoms with Crippen LogP contribution in [0.4, 0.5) is 0 Å². The molecule has 0 radical (unpaired) electrons. The molecular weight excluding hydrogens is 200 g/mol. The van der Waals surface area contributed by atoms with Gasteiger partial charge >= 0.3 is 0 Å². The van der Waals surface area contributed by atoms with Crippen LogP contribution in [0.1, 0.15) is 30.1 Å². The van der Waals surface area contributed by atoms with E-state index in [1.807, 2.05) is 19.3 Å². The van der Waals surface area contributed by atoms with Gasteiger partial charge in [0.15, 0.2) is 0 Å². The Hall–Kier alpha value is -0.930. The lowest BCUT2D eigenvalue weighted by Gasteiger charge is -2.29. The largest absolute Gasteiger partial charge is 0.381 e. The molecule has 1 aromatic heterocycles. The molecule has 2 atom stereocenters. The summed E-state index contributed by atoms with van der Waals surface area (Å²) in [4.78, 5) is 4.47. The third-order valence-electron chi connectivity index (χ3n) is 3.23. The first kappa shape index (κ1) is 11.6. The minimum atomic E-state index is 0.320. The zero-order chi connectivity index (χ0) is 11.4. The standard InChI is InChI=1S/C13H20N2O/c1-10-5-6-15-12(8-10)13(14-2)11-4-3-7-16-9-11/h5-6,8,11,13-14H,3-4,7,9H2,1-2H3. The SMILES string of the molecule is CNC(c1cc(C)ccn1)C1CCCOC1. The minimum Gasteiger partial charge on any atom is -0.381 e. The Bertz CT molecular complexity index is 334. The van der Waals surface area contributed by atoms with Crippen LogP contribution >= 0.6 is 0 Å². The van der Waals surface area contributed by atoms with Gasteiger partial charge in [-0.2, -0.15) is 0 Å². The first-order valence-corrected chi connectivity index (χ1v) is 5.99. The van der Waals surface area contributed by atoms with Gasteiger partial charge in [0, 0.05) is 18.7 Å². The summed E-state index contributed by atoms with van der Waals surface area (Å²) >= 11 is 0. The molecule has 0 aliphatic carbocycles. The molecule has 1 aromatic rings. The number of pyridine rings is 1. The number of nitrogens with zero attached hydrogens (tertiary/aromatic N) is 1. The number of nitrogens with one attached hydrogen (secondary N) is 1. The molecule has 1 N–H and O–H groups in total. The van der Waals surface area contributed by atoms with E-state index in [-0.39, 0.29) is 0 Å². The highest BCUT2D eigenvalue weighted by atomic mass is 16.5. The van der Waals surface area contributed by atoms with Gasteiger partial charge in [-0.1, -0.05) is 0 Å². The quantitative estimate of drug-likeness (QED) is 0.847. The number of hydrogen-bond acceptors (Lipinski definition) is 3. The van der Waals surface area contributed by atoms with Crippen molar-refractivity contribution in [3.8, 4) is 0 Å². The van der Waals surface area contributed by atoms with Crippen molar-refractivity contribution in [2.75, 3.05) is 20.3 Å². The van der Waals surface area contributed by atoms with E-state index in [9.17, 15) is 0 Å². The third-order valence-corrected chi connectivity index (χ3v) is 3.23. The predicted molar refractivity (Wildman–Crippen MR) is 64.3 cm³/mol. The van der Waals surface area contributed by atoms with Crippen molar-refractivity contribution in [1.29, 1.82) is 0 Å². The maximum atomic E-state index is 5.55. The molecule has 0 amide bonds. The predicted octanol–water partition coefficient (Wildman–Crippen LogP) is 2.08. The molecule has 88 valence electrons. The average Bonchev–Trinajstić information content (AvgIpc) is 2.31. The zero-order valence-corrected chi connectivity index (χ0v) is 10.1. The Morgan fingerprint density at radius 3 is 3.06 bits per heavy atom. The van der Waals surface area contributed by atoms with Crippen LogP contribution in [0.3, 0.4) is 0 Å². The van der Waals surface area contributed by atoms with Crippen LogP contribution in [-0.2, 0) is 4.74 Å². The molecule has 2 unspecified atom stereocenters. The Balaban J connectivity index is 2.14. The van der Waals surface area contributed by atoms with Crippen LogP contribution in [0.2, 0.25) is 0 Å². The fourth-order valence-electron chi connectivity index (χ4n) is 2.38. The first-order chi connectivity index (χ1) is 7.81. The van der Waals surface area contributed by atoms with Gasteiger partial charge in [0.1, 0.15) is 0 Å². The summed E-state index contributed by atoms with van der Waals surface area (Å²) in [5, 5.41) is 3.37. The number of hydrogen-bond donors (Lipinski definition) is 1. The van der Waals surface area contributed by atoms with Gasteiger partial charge in [-0.3, -0.25) is 4.98 Å². The molecule has 3 heteroatoms. The second-order valence-corrected chi connectivity index (χ2v) is 4.50. The molecule has 0 saturated carbocycles. The van der Waals surface area contributed by atoms with E-state index in [0.29, 0.717) is 12.0 Å². The minimum absolute atomic E-state index is 0.320. The van der Waals surface area contributed by atoms with Crippen LogP contribution in [0.15, 0.2) is 18.3 Å². The van der Waals surface area contributed by atoms with Crippen molar-refractivity contribution in [3.05, 3.63) is 29.6 Å². The summed E-state index contributed by atoms with van der Waals surface area (Å²) < 4.78 is 5.55. The van der Waals surface area contributed by atoms with Crippen LogP contribution in [0, 0.1) is 12.8 Å². The molecule has 1 aliphatic rings. The molecule has 2 heterocycles. The third kappa shape index (κ3) is 2.60. The van der Waals surface area contributed by atoms with E-state index in [4.69, 9.17) is 4.74 Å². The van der Waals surface area contributed by atoms with Gasteiger partial charge in [-0.05, 0) is 44.5 Å². The highest BCUT2D eigenvalue weighted by Crippen LogP contribution is 2.27. The summed E-state index contributed by atoms with van der Waals surface area (Å²) in [6.07, 6.45) is 4.27. The highest BCUT2D eigenvalue weighted by molar-refractivity contribution is 5.18. The summed E-state index contributed by atoms with van der Waals surface area (Å²) in [6, 6.07) is 4.52. The summed E-state index contributed by atoms with van der Waals surface area (Å²) in [6.45, 7) is 3.87. The van der Waals surface area contributed by atoms with Crippen molar-refractivity contribution >= 4 is 0 Å². The van der Waals surface area contributed by atoms with Crippen molar-refractivity contribution in [2.45, 2.75) is 25.8 Å². The van der Waals surface area contributed by atoms with Gasteiger partial charge in [0.05, 0.1) is 18.3 Å². The van der Waals surface area contributed by atoms with Crippen LogP contribution in [-0.4, -0.2) is 25.2 Å². The van der Waals surface area contributed by atoms with Gasteiger partial charge in [-0.15, -0.1) is 0 Å². The Morgan fingerprint density at radius 1 is 1.56 bits per heavy atom. The molecule has 2 rings (SSSR count). The number of ether oxygens (including phenoxy) is 1. The number of aryl methyl sites for hydroxylation is 1. The van der Waals surface area contributed by atoms with Gasteiger partial charge < -0.3 is 10.1 Å². The van der Waals surface area contributed by atoms with Crippen molar-refractivity contribution < 1.29 is 4.74 Å². The molecule has 1 aliphatic heterocycles. The number of aromatic nitrogens is 1. The van der Waals surface area contributed by atoms with E-state index in [2.05, 4.69) is 23.3 Å². The molecule has 1 fully saturated rings. The number of rotatable bonds is 3. The highest BCUT2D eigenvalue weighted by Gasteiger charge is 2.25. The second-order valence-electron chi connectivity index (χ2n) is 4.50. The summed E-state index contributed by atoms with van der Waals surface area (Å²) in [5.41, 5.74) is 2.40. The molecule has 1 saturated heterocycles. The summed E-state index contributed by atoms with van der Waals surface area (Å²) in [7, 11) is 2.00. The lowest BCUT2D eigenvalue weighted by atomic mass is 9.91. The van der Waals surface area contributed by atoms with Gasteiger partial charge in [-0.25, -0.2) is 0 Å². The molecular formula is C13H20N2O. The topological polar surface area (TPSA) is 34.2 Å². The van der Waals surface area contributed by atoms with Gasteiger partial charge in [0.2, 0.25) is 0 Å². The smallest absolute Gasteiger partial charge is 0.0579 e. The molecule has 0 spiro atoms. The van der Waals surface area contributed by atoms with E-state index in [1.54, 1.807) is 0 Å². The molecule has 0 aromatic carbocycles. The van der Waals surface area contributed by atoms with E-state index in [1.165, 1.54) is 12.0 Å². The first-order valence-electron chi connectivity index (χ1n) is 5.99. The molecule has 0 bridgehead atoms. The van der Waals surface area contributed by atoms with E-state index < -0.39 is 0 Å². The average molecular weight is 220 g/mol. The van der Waals surface area contributed by atoms with Crippen molar-refractivity contribution in [3.63, 3.8) is 0 Å². The Morgan fingerprint density at radius 2 is 2.44 bits per heavy atom. The van der Waals surface area contributed by atoms with E-state index in [0.717, 1.165) is 25.3 Å². The second kappa shape index (κ2) is 5.41.